The molecule has 0 saturated carbocycles. The molecule has 1 aliphatic rings. The molecule has 18 aromatic carbocycles. The van der Waals surface area contributed by atoms with Crippen molar-refractivity contribution in [1.29, 1.82) is 0 Å². The van der Waals surface area contributed by atoms with Crippen molar-refractivity contribution in [2.24, 2.45) is 0 Å². The Balaban J connectivity index is 0.000000122. The second kappa shape index (κ2) is 33.2. The molecule has 6 heterocycles. The first-order valence-corrected chi connectivity index (χ1v) is 51.3. The van der Waals surface area contributed by atoms with E-state index >= 15 is 0 Å². The lowest BCUT2D eigenvalue weighted by atomic mass is 9.80. The maximum atomic E-state index is 11.2. The number of para-hydroxylation sites is 3. The first-order valence-electron chi connectivity index (χ1n) is 51.3. The number of aryl methyl sites for hydroxylation is 4. The van der Waals surface area contributed by atoms with Crippen LogP contribution in [0.4, 0.5) is 0 Å². The minimum absolute atomic E-state index is 0.00293. The van der Waals surface area contributed by atoms with Gasteiger partial charge < -0.3 is 18.8 Å². The van der Waals surface area contributed by atoms with E-state index in [1.54, 1.807) is 0 Å². The Labute approximate surface area is 844 Å². The summed E-state index contributed by atoms with van der Waals surface area (Å²) in [4.78, 5) is 31.5. The highest BCUT2D eigenvalue weighted by Gasteiger charge is 2.40. The third-order valence-electron chi connectivity index (χ3n) is 31.4. The smallest absolute Gasteiger partial charge is 0.373 e. The van der Waals surface area contributed by atoms with E-state index in [4.69, 9.17) is 24.5 Å². The molecule has 0 fully saturated rings. The molecular weight excluding hydrogens is 1750 g/mol. The molecule has 1 aliphatic carbocycles. The van der Waals surface area contributed by atoms with E-state index in [1.807, 2.05) is 32.9 Å². The van der Waals surface area contributed by atoms with Gasteiger partial charge in [0.05, 0.1) is 55.8 Å². The summed E-state index contributed by atoms with van der Waals surface area (Å²) < 4.78 is 7.60. The normalized spacial score (nSPS) is 13.4. The maximum absolute atomic E-state index is 11.2. The first-order chi connectivity index (χ1) is 68.2. The number of nitrogens with zero attached hydrogens (tertiary/aromatic N) is 6. The predicted molar refractivity (Wildman–Crippen MR) is 611 cm³/mol. The highest BCUT2D eigenvalue weighted by Crippen LogP contribution is 2.56. The molecule has 0 atom stereocenters. The Morgan fingerprint density at radius 1 is 0.285 bits per heavy atom. The molecular formula is C135H128N6O3. The van der Waals surface area contributed by atoms with Crippen LogP contribution in [0, 0.1) is 20.8 Å². The van der Waals surface area contributed by atoms with Gasteiger partial charge in [0.15, 0.2) is 0 Å². The van der Waals surface area contributed by atoms with Crippen LogP contribution in [0.15, 0.2) is 285 Å². The van der Waals surface area contributed by atoms with Crippen molar-refractivity contribution < 1.29 is 14.7 Å². The molecule has 0 amide bonds. The molecule has 24 aromatic rings. The largest absolute Gasteiger partial charge is 0.386 e. The summed E-state index contributed by atoms with van der Waals surface area (Å²) in [6.45, 7) is 58.6. The Bertz CT molecular complexity index is 9400. The molecule has 6 aromatic heterocycles. The molecule has 0 aliphatic heterocycles. The van der Waals surface area contributed by atoms with Gasteiger partial charge in [-0.15, -0.1) is 0 Å². The number of hydrogen-bond donors (Lipinski definition) is 1. The number of rotatable bonds is 7. The fourth-order valence-corrected chi connectivity index (χ4v) is 23.6. The third-order valence-corrected chi connectivity index (χ3v) is 31.4. The van der Waals surface area contributed by atoms with Gasteiger partial charge in [-0.3, -0.25) is 15.0 Å². The molecule has 9 nitrogen and oxygen atoms in total. The Morgan fingerprint density at radius 2 is 0.576 bits per heavy atom. The zero-order valence-corrected chi connectivity index (χ0v) is 88.3. The number of pyridine rings is 3. The summed E-state index contributed by atoms with van der Waals surface area (Å²) >= 11 is 0. The van der Waals surface area contributed by atoms with E-state index in [2.05, 4.69) is 446 Å². The lowest BCUT2D eigenvalue weighted by molar-refractivity contribution is -0.191. The van der Waals surface area contributed by atoms with E-state index in [1.165, 1.54) is 235 Å². The fourth-order valence-electron chi connectivity index (χ4n) is 23.6. The van der Waals surface area contributed by atoms with Gasteiger partial charge in [0.1, 0.15) is 0 Å². The summed E-state index contributed by atoms with van der Waals surface area (Å²) in [5.74, 6) is 0. The molecule has 716 valence electrons. The highest BCUT2D eigenvalue weighted by atomic mass is 16.3. The zero-order valence-electron chi connectivity index (χ0n) is 88.3. The molecule has 25 rings (SSSR count). The van der Waals surface area contributed by atoms with Crippen molar-refractivity contribution in [3.63, 3.8) is 0 Å². The lowest BCUT2D eigenvalue weighted by Crippen LogP contribution is -2.17. The van der Waals surface area contributed by atoms with Crippen molar-refractivity contribution >= 4 is 169 Å². The van der Waals surface area contributed by atoms with Gasteiger partial charge in [-0.05, 0) is 301 Å². The van der Waals surface area contributed by atoms with Crippen molar-refractivity contribution in [2.75, 3.05) is 0 Å². The van der Waals surface area contributed by atoms with Gasteiger partial charge in [-0.2, -0.15) is 9.59 Å². The monoisotopic (exact) mass is 1880 g/mol. The van der Waals surface area contributed by atoms with Gasteiger partial charge in [0.2, 0.25) is 0 Å². The number of aliphatic hydroxyl groups is 1. The number of benzene rings is 18. The summed E-state index contributed by atoms with van der Waals surface area (Å²) in [6, 6.07) is 108. The van der Waals surface area contributed by atoms with Gasteiger partial charge >= 0.3 is 6.15 Å². The van der Waals surface area contributed by atoms with Crippen molar-refractivity contribution in [1.82, 2.24) is 28.7 Å². The Kier molecular flexibility index (Phi) is 21.7. The second-order valence-corrected chi connectivity index (χ2v) is 48.3. The fraction of sp³-hybridized carbons (Fsp3) is 0.259. The van der Waals surface area contributed by atoms with Crippen LogP contribution in [0.25, 0.3) is 213 Å². The van der Waals surface area contributed by atoms with E-state index in [0.29, 0.717) is 0 Å². The maximum Gasteiger partial charge on any atom is 0.373 e. The quantitative estimate of drug-likeness (QED) is 0.159. The SMILES string of the molecule is CCc1ccc(C)nc1-c1ccc2ccc3cc4c5ccccc5n(-c5cc(C(C)(C)C)cc(C(C)(C)C)c5)c4c4ccc1c2c34.Cc1ccc(C(C)(C)O)c(-c2ccc3ccc4cc5c6ccccc6n(-c6cc(C(C)(C)C)cc(C(C)(C)C)c6)c5c5ccc2c3c45)n1.Cc1ccc2c(n1)-c1c(cc3ccc4cc5c6ccccc6n(-c6cc(C(C)(C)C)cc(C(C)(C)C)c6)c5c5ccc1c3c45)C2(C)C.O=C=O. The van der Waals surface area contributed by atoms with Crippen molar-refractivity contribution in [3.05, 3.63) is 358 Å². The molecule has 144 heavy (non-hydrogen) atoms. The average Bonchev–Trinajstić information content (AvgIpc) is 1.52. The van der Waals surface area contributed by atoms with Gasteiger partial charge in [0.25, 0.3) is 0 Å². The number of fused-ring (bicyclic) bond motifs is 16. The topological polar surface area (TPSA) is 108 Å². The molecule has 0 spiro atoms. The molecule has 1 N–H and O–H groups in total. The summed E-state index contributed by atoms with van der Waals surface area (Å²) in [5.41, 5.74) is 32.8. The van der Waals surface area contributed by atoms with Crippen LogP contribution in [0.1, 0.15) is 232 Å². The predicted octanol–water partition coefficient (Wildman–Crippen LogP) is 35.8. The van der Waals surface area contributed by atoms with Crippen LogP contribution in [-0.2, 0) is 59.5 Å². The third kappa shape index (κ3) is 15.2. The van der Waals surface area contributed by atoms with Crippen LogP contribution in [0.5, 0.6) is 0 Å². The Morgan fingerprint density at radius 3 is 0.938 bits per heavy atom. The van der Waals surface area contributed by atoms with Gasteiger partial charge in [-0.25, -0.2) is 0 Å². The van der Waals surface area contributed by atoms with Crippen molar-refractivity contribution in [3.8, 4) is 50.8 Å². The number of hydrogen-bond acceptors (Lipinski definition) is 6. The molecule has 0 unspecified atom stereocenters. The second-order valence-electron chi connectivity index (χ2n) is 48.3. The van der Waals surface area contributed by atoms with E-state index < -0.39 is 5.60 Å². The van der Waals surface area contributed by atoms with Crippen LogP contribution in [-0.4, -0.2) is 39.9 Å². The first kappa shape index (κ1) is 94.2. The average molecular weight is 1880 g/mol. The molecule has 0 saturated heterocycles. The molecule has 9 heteroatoms. The van der Waals surface area contributed by atoms with Crippen LogP contribution >= 0.6 is 0 Å². The van der Waals surface area contributed by atoms with E-state index in [0.717, 1.165) is 57.1 Å². The van der Waals surface area contributed by atoms with Gasteiger partial charge in [0, 0.05) is 110 Å². The Hall–Kier alpha value is -14.7. The molecule has 0 radical (unpaired) electrons. The zero-order chi connectivity index (χ0) is 102. The highest BCUT2D eigenvalue weighted by molar-refractivity contribution is 6.37. The number of aromatic nitrogens is 6. The van der Waals surface area contributed by atoms with Crippen LogP contribution in [0.2, 0.25) is 0 Å². The summed E-state index contributed by atoms with van der Waals surface area (Å²) in [7, 11) is 0. The summed E-state index contributed by atoms with van der Waals surface area (Å²) in [5, 5.41) is 41.9. The van der Waals surface area contributed by atoms with Crippen LogP contribution in [0.3, 0.4) is 0 Å². The lowest BCUT2D eigenvalue weighted by Gasteiger charge is -2.27. The van der Waals surface area contributed by atoms with Crippen molar-refractivity contribution in [2.45, 2.75) is 230 Å². The van der Waals surface area contributed by atoms with E-state index in [-0.39, 0.29) is 44.1 Å². The molecule has 0 bridgehead atoms. The minimum Gasteiger partial charge on any atom is -0.386 e. The van der Waals surface area contributed by atoms with Gasteiger partial charge in [-0.1, -0.05) is 333 Å². The van der Waals surface area contributed by atoms with Crippen LogP contribution < -0.4 is 0 Å². The standard InChI is InChI=1S/C45H44N2O.C45H42N2.C44H42N2.CO2/c1-26-14-21-37(45(8,9)48)41(46-26)34-18-17-27-15-16-28-22-36-32-12-10-11-13-38(32)47(42(36)35-20-19-33(34)39(27)40(28)35)31-24-29(43(2,3)4)23-30(25-31)44(5,6)7;1-25-14-19-35-41(46-25)40-32-17-18-33-39-26(15-16-27(38(32)39)21-36(40)45(35,8)9)20-34-31-12-10-11-13-37(31)47(42(33)34)30-23-28(43(2,3)4)22-29(24-30)44(5,6)7;1-9-27-15-14-26(2)45-41(27)35-19-18-28-16-17-29-22-37-33-12-10-11-13-38(33)46(42(37)36-21-20-34(35)39(28)40(29)36)32-24-30(43(3,4)5)23-31(25-32)44(6,7)8;2-1-3/h10-25,48H,1-9H3;10-24H,1-9H3;10-25H,9H2,1-8H3;. The van der Waals surface area contributed by atoms with E-state index in [9.17, 15) is 5.11 Å². The number of carbonyl (C=O) groups excluding carboxylic acids is 2. The minimum atomic E-state index is -1.03. The summed E-state index contributed by atoms with van der Waals surface area (Å²) in [6.07, 6.45) is 1.20.